The normalized spacial score (nSPS) is 17.8. The Morgan fingerprint density at radius 1 is 1.29 bits per heavy atom. The van der Waals surface area contributed by atoms with Crippen LogP contribution < -0.4 is 4.90 Å². The summed E-state index contributed by atoms with van der Waals surface area (Å²) in [5.41, 5.74) is 1.14. The van der Waals surface area contributed by atoms with Crippen LogP contribution in [0.5, 0.6) is 0 Å². The van der Waals surface area contributed by atoms with Gasteiger partial charge in [-0.1, -0.05) is 36.8 Å². The first kappa shape index (κ1) is 11.0. The lowest BCUT2D eigenvalue weighted by atomic mass is 9.95. The zero-order valence-electron chi connectivity index (χ0n) is 10.2. The fraction of sp³-hybridized carbons (Fsp3) is 0.500. The summed E-state index contributed by atoms with van der Waals surface area (Å²) in [6.07, 6.45) is 3.98. The average molecular weight is 246 g/mol. The molecule has 90 valence electrons. The summed E-state index contributed by atoms with van der Waals surface area (Å²) in [6.45, 7) is 4.66. The number of nitrogens with zero attached hydrogens (tertiary/aromatic N) is 2. The summed E-state index contributed by atoms with van der Waals surface area (Å²) in [4.78, 5) is 7.19. The second kappa shape index (κ2) is 4.65. The van der Waals surface area contributed by atoms with E-state index in [0.29, 0.717) is 0 Å². The standard InChI is InChI=1S/C14H18N2S/c1-2-11-7-9-16(10-8-11)14-15-12-5-3-4-6-13(12)17-14/h3-6,11H,2,7-10H2,1H3. The highest BCUT2D eigenvalue weighted by atomic mass is 32.1. The smallest absolute Gasteiger partial charge is 0.186 e. The van der Waals surface area contributed by atoms with Crippen LogP contribution in [0.2, 0.25) is 0 Å². The largest absolute Gasteiger partial charge is 0.348 e. The molecule has 2 heterocycles. The molecule has 1 aromatic carbocycles. The SMILES string of the molecule is CCC1CCN(c2nc3ccccc3s2)CC1. The molecule has 0 N–H and O–H groups in total. The number of anilines is 1. The van der Waals surface area contributed by atoms with Crippen LogP contribution in [0.1, 0.15) is 26.2 Å². The predicted octanol–water partition coefficient (Wildman–Crippen LogP) is 3.92. The van der Waals surface area contributed by atoms with E-state index in [4.69, 9.17) is 4.98 Å². The minimum absolute atomic E-state index is 0.931. The monoisotopic (exact) mass is 246 g/mol. The van der Waals surface area contributed by atoms with Crippen LogP contribution >= 0.6 is 11.3 Å². The summed E-state index contributed by atoms with van der Waals surface area (Å²) in [7, 11) is 0. The fourth-order valence-electron chi connectivity index (χ4n) is 2.53. The van der Waals surface area contributed by atoms with Crippen molar-refractivity contribution < 1.29 is 0 Å². The topological polar surface area (TPSA) is 16.1 Å². The van der Waals surface area contributed by atoms with Crippen molar-refractivity contribution in [1.29, 1.82) is 0 Å². The highest BCUT2D eigenvalue weighted by Crippen LogP contribution is 2.31. The molecule has 3 rings (SSSR count). The molecule has 0 radical (unpaired) electrons. The molecule has 0 saturated carbocycles. The highest BCUT2D eigenvalue weighted by molar-refractivity contribution is 7.22. The number of fused-ring (bicyclic) bond motifs is 1. The lowest BCUT2D eigenvalue weighted by Crippen LogP contribution is -2.33. The van der Waals surface area contributed by atoms with Crippen LogP contribution in [-0.4, -0.2) is 18.1 Å². The summed E-state index contributed by atoms with van der Waals surface area (Å²) in [5, 5.41) is 1.21. The number of hydrogen-bond acceptors (Lipinski definition) is 3. The van der Waals surface area contributed by atoms with E-state index in [1.54, 1.807) is 0 Å². The quantitative estimate of drug-likeness (QED) is 0.798. The molecule has 1 saturated heterocycles. The van der Waals surface area contributed by atoms with Crippen LogP contribution in [0, 0.1) is 5.92 Å². The van der Waals surface area contributed by atoms with Crippen LogP contribution in [0.15, 0.2) is 24.3 Å². The van der Waals surface area contributed by atoms with Crippen molar-refractivity contribution in [3.63, 3.8) is 0 Å². The number of hydrogen-bond donors (Lipinski definition) is 0. The molecule has 1 fully saturated rings. The maximum Gasteiger partial charge on any atom is 0.186 e. The second-order valence-electron chi connectivity index (χ2n) is 4.80. The Balaban J connectivity index is 1.80. The van der Waals surface area contributed by atoms with Gasteiger partial charge in [0.2, 0.25) is 0 Å². The van der Waals surface area contributed by atoms with Crippen molar-refractivity contribution in [3.05, 3.63) is 24.3 Å². The minimum atomic E-state index is 0.931. The molecule has 0 bridgehead atoms. The Morgan fingerprint density at radius 3 is 2.76 bits per heavy atom. The fourth-order valence-corrected chi connectivity index (χ4v) is 3.55. The van der Waals surface area contributed by atoms with Gasteiger partial charge in [0.1, 0.15) is 0 Å². The van der Waals surface area contributed by atoms with Crippen molar-refractivity contribution in [2.45, 2.75) is 26.2 Å². The van der Waals surface area contributed by atoms with E-state index in [2.05, 4.69) is 36.1 Å². The van der Waals surface area contributed by atoms with Gasteiger partial charge in [-0.3, -0.25) is 0 Å². The number of benzene rings is 1. The first-order valence-electron chi connectivity index (χ1n) is 6.47. The Labute approximate surface area is 106 Å². The number of rotatable bonds is 2. The molecule has 1 aromatic heterocycles. The molecule has 0 amide bonds. The van der Waals surface area contributed by atoms with Crippen LogP contribution in [0.3, 0.4) is 0 Å². The molecular formula is C14H18N2S. The average Bonchev–Trinajstić information content (AvgIpc) is 2.82. The first-order chi connectivity index (χ1) is 8.36. The maximum atomic E-state index is 4.73. The number of piperidine rings is 1. The molecule has 0 unspecified atom stereocenters. The van der Waals surface area contributed by atoms with Gasteiger partial charge in [-0.2, -0.15) is 0 Å². The van der Waals surface area contributed by atoms with E-state index in [-0.39, 0.29) is 0 Å². The molecule has 1 aliphatic heterocycles. The van der Waals surface area contributed by atoms with Gasteiger partial charge in [-0.25, -0.2) is 4.98 Å². The number of thiazole rings is 1. The van der Waals surface area contributed by atoms with E-state index in [9.17, 15) is 0 Å². The van der Waals surface area contributed by atoms with Gasteiger partial charge < -0.3 is 4.90 Å². The molecule has 0 atom stereocenters. The Hall–Kier alpha value is -1.09. The van der Waals surface area contributed by atoms with Crippen molar-refractivity contribution in [2.75, 3.05) is 18.0 Å². The Kier molecular flexibility index (Phi) is 3.02. The number of para-hydroxylation sites is 1. The maximum absolute atomic E-state index is 4.73. The van der Waals surface area contributed by atoms with Gasteiger partial charge in [-0.15, -0.1) is 0 Å². The third-order valence-electron chi connectivity index (χ3n) is 3.74. The molecule has 2 nitrogen and oxygen atoms in total. The van der Waals surface area contributed by atoms with Crippen molar-refractivity contribution in [2.24, 2.45) is 5.92 Å². The van der Waals surface area contributed by atoms with E-state index in [0.717, 1.165) is 11.4 Å². The predicted molar refractivity (Wildman–Crippen MR) is 74.8 cm³/mol. The van der Waals surface area contributed by atoms with Crippen LogP contribution in [0.4, 0.5) is 5.13 Å². The minimum Gasteiger partial charge on any atom is -0.348 e. The van der Waals surface area contributed by atoms with E-state index in [1.807, 2.05) is 11.3 Å². The molecule has 17 heavy (non-hydrogen) atoms. The molecule has 0 spiro atoms. The number of aromatic nitrogens is 1. The van der Waals surface area contributed by atoms with Crippen molar-refractivity contribution >= 4 is 26.7 Å². The summed E-state index contributed by atoms with van der Waals surface area (Å²) < 4.78 is 1.31. The van der Waals surface area contributed by atoms with Gasteiger partial charge in [-0.05, 0) is 30.9 Å². The third kappa shape index (κ3) is 2.16. The van der Waals surface area contributed by atoms with E-state index in [1.165, 1.54) is 42.2 Å². The van der Waals surface area contributed by atoms with Gasteiger partial charge >= 0.3 is 0 Å². The lowest BCUT2D eigenvalue weighted by molar-refractivity contribution is 0.395. The Morgan fingerprint density at radius 2 is 2.06 bits per heavy atom. The summed E-state index contributed by atoms with van der Waals surface area (Å²) in [5.74, 6) is 0.931. The van der Waals surface area contributed by atoms with Crippen molar-refractivity contribution in [3.8, 4) is 0 Å². The molecule has 3 heteroatoms. The molecular weight excluding hydrogens is 228 g/mol. The molecule has 0 aliphatic carbocycles. The van der Waals surface area contributed by atoms with E-state index < -0.39 is 0 Å². The zero-order chi connectivity index (χ0) is 11.7. The van der Waals surface area contributed by atoms with Gasteiger partial charge in [0, 0.05) is 13.1 Å². The van der Waals surface area contributed by atoms with Crippen molar-refractivity contribution in [1.82, 2.24) is 4.98 Å². The van der Waals surface area contributed by atoms with Crippen LogP contribution in [-0.2, 0) is 0 Å². The highest BCUT2D eigenvalue weighted by Gasteiger charge is 2.20. The summed E-state index contributed by atoms with van der Waals surface area (Å²) in [6, 6.07) is 8.42. The van der Waals surface area contributed by atoms with Crippen LogP contribution in [0.25, 0.3) is 10.2 Å². The van der Waals surface area contributed by atoms with Gasteiger partial charge in [0.15, 0.2) is 5.13 Å². The zero-order valence-corrected chi connectivity index (χ0v) is 11.0. The molecule has 2 aromatic rings. The first-order valence-corrected chi connectivity index (χ1v) is 7.29. The second-order valence-corrected chi connectivity index (χ2v) is 5.81. The summed E-state index contributed by atoms with van der Waals surface area (Å²) >= 11 is 1.83. The lowest BCUT2D eigenvalue weighted by Gasteiger charge is -2.31. The Bertz CT molecular complexity index is 465. The molecule has 1 aliphatic rings. The van der Waals surface area contributed by atoms with Gasteiger partial charge in [0.25, 0.3) is 0 Å². The van der Waals surface area contributed by atoms with E-state index >= 15 is 0 Å². The van der Waals surface area contributed by atoms with Gasteiger partial charge in [0.05, 0.1) is 10.2 Å². The third-order valence-corrected chi connectivity index (χ3v) is 4.84.